The second-order valence-electron chi connectivity index (χ2n) is 4.96. The molecule has 5 heteroatoms. The van der Waals surface area contributed by atoms with Crippen LogP contribution in [0.5, 0.6) is 0 Å². The summed E-state index contributed by atoms with van der Waals surface area (Å²) in [5, 5.41) is 4.16. The molecule has 20 heavy (non-hydrogen) atoms. The summed E-state index contributed by atoms with van der Waals surface area (Å²) in [5.74, 6) is -0.0165. The molecule has 2 aromatic rings. The van der Waals surface area contributed by atoms with E-state index in [1.807, 2.05) is 13.1 Å². The van der Waals surface area contributed by atoms with Gasteiger partial charge in [0.15, 0.2) is 0 Å². The molecule has 1 aromatic carbocycles. The van der Waals surface area contributed by atoms with E-state index in [9.17, 15) is 4.79 Å². The lowest BCUT2D eigenvalue weighted by atomic mass is 10.1. The highest BCUT2D eigenvalue weighted by molar-refractivity contribution is 7.07. The number of hydrogen-bond donors (Lipinski definition) is 1. The molecule has 2 rings (SSSR count). The predicted molar refractivity (Wildman–Crippen MR) is 85.3 cm³/mol. The van der Waals surface area contributed by atoms with Crippen LogP contribution in [0.1, 0.15) is 15.9 Å². The zero-order valence-corrected chi connectivity index (χ0v) is 12.8. The van der Waals surface area contributed by atoms with Gasteiger partial charge in [0.25, 0.3) is 5.91 Å². The number of thiophene rings is 1. The number of rotatable bonds is 4. The molecule has 106 valence electrons. The molecule has 2 N–H and O–H groups in total. The van der Waals surface area contributed by atoms with Gasteiger partial charge in [-0.15, -0.1) is 0 Å². The second-order valence-corrected chi connectivity index (χ2v) is 5.74. The van der Waals surface area contributed by atoms with Crippen LogP contribution in [0.25, 0.3) is 0 Å². The number of carbonyl (C=O) groups excluding carboxylic acids is 1. The monoisotopic (exact) mass is 289 g/mol. The highest BCUT2D eigenvalue weighted by atomic mass is 32.1. The number of nitrogen functional groups attached to an aromatic ring is 1. The van der Waals surface area contributed by atoms with Gasteiger partial charge in [0.1, 0.15) is 0 Å². The first-order valence-electron chi connectivity index (χ1n) is 6.32. The van der Waals surface area contributed by atoms with E-state index < -0.39 is 0 Å². The summed E-state index contributed by atoms with van der Waals surface area (Å²) in [6, 6.07) is 7.49. The lowest BCUT2D eigenvalue weighted by molar-refractivity contribution is 0.0828. The topological polar surface area (TPSA) is 49.6 Å². The fourth-order valence-electron chi connectivity index (χ4n) is 2.03. The molecule has 0 saturated heterocycles. The highest BCUT2D eigenvalue weighted by Crippen LogP contribution is 2.25. The maximum atomic E-state index is 12.2. The molecule has 0 atom stereocenters. The van der Waals surface area contributed by atoms with Crippen LogP contribution in [0.3, 0.4) is 0 Å². The van der Waals surface area contributed by atoms with Crippen molar-refractivity contribution in [2.24, 2.45) is 0 Å². The van der Waals surface area contributed by atoms with Crippen molar-refractivity contribution in [2.45, 2.75) is 6.54 Å². The lowest BCUT2D eigenvalue weighted by Crippen LogP contribution is -2.26. The normalized spacial score (nSPS) is 10.3. The van der Waals surface area contributed by atoms with Crippen LogP contribution in [-0.4, -0.2) is 32.0 Å². The Morgan fingerprint density at radius 1 is 1.25 bits per heavy atom. The summed E-state index contributed by atoms with van der Waals surface area (Å²) in [6.45, 7) is 0.751. The maximum Gasteiger partial charge on any atom is 0.255 e. The minimum atomic E-state index is -0.0165. The van der Waals surface area contributed by atoms with E-state index in [1.165, 1.54) is 5.56 Å². The largest absolute Gasteiger partial charge is 0.399 e. The van der Waals surface area contributed by atoms with Gasteiger partial charge in [0.05, 0.1) is 11.3 Å². The summed E-state index contributed by atoms with van der Waals surface area (Å²) in [6.07, 6.45) is 0. The molecule has 1 amide bonds. The van der Waals surface area contributed by atoms with Crippen molar-refractivity contribution in [1.82, 2.24) is 4.90 Å². The Balaban J connectivity index is 2.33. The highest BCUT2D eigenvalue weighted by Gasteiger charge is 2.16. The van der Waals surface area contributed by atoms with Crippen LogP contribution < -0.4 is 10.6 Å². The fourth-order valence-corrected chi connectivity index (χ4v) is 2.69. The van der Waals surface area contributed by atoms with Gasteiger partial charge >= 0.3 is 0 Å². The molecule has 1 aromatic heterocycles. The van der Waals surface area contributed by atoms with Gasteiger partial charge in [-0.25, -0.2) is 0 Å². The fraction of sp³-hybridized carbons (Fsp3) is 0.267. The molecule has 0 aliphatic carbocycles. The Morgan fingerprint density at radius 3 is 2.60 bits per heavy atom. The number of nitrogens with zero attached hydrogens (tertiary/aromatic N) is 2. The van der Waals surface area contributed by atoms with E-state index in [0.29, 0.717) is 11.3 Å². The molecule has 4 nitrogen and oxygen atoms in total. The van der Waals surface area contributed by atoms with Gasteiger partial charge < -0.3 is 15.5 Å². The Labute approximate surface area is 123 Å². The standard InChI is InChI=1S/C15H19N3OS/c1-17(2)15(19)13-5-4-12(16)8-14(13)18(3)9-11-6-7-20-10-11/h4-8,10H,9,16H2,1-3H3. The molecule has 1 heterocycles. The van der Waals surface area contributed by atoms with Gasteiger partial charge in [0.2, 0.25) is 0 Å². The van der Waals surface area contributed by atoms with Crippen LogP contribution >= 0.6 is 11.3 Å². The molecular formula is C15H19N3OS. The second kappa shape index (κ2) is 5.96. The summed E-state index contributed by atoms with van der Waals surface area (Å²) >= 11 is 1.67. The van der Waals surface area contributed by atoms with Crippen molar-refractivity contribution in [3.05, 3.63) is 46.2 Å². The van der Waals surface area contributed by atoms with Crippen molar-refractivity contribution < 1.29 is 4.79 Å². The van der Waals surface area contributed by atoms with Crippen molar-refractivity contribution in [3.8, 4) is 0 Å². The Hall–Kier alpha value is -2.01. The molecule has 0 spiro atoms. The van der Waals surface area contributed by atoms with E-state index in [1.54, 1.807) is 42.5 Å². The SMILES string of the molecule is CN(C)C(=O)c1ccc(N)cc1N(C)Cc1ccsc1. The molecule has 0 bridgehead atoms. The summed E-state index contributed by atoms with van der Waals surface area (Å²) in [7, 11) is 5.47. The number of anilines is 2. The number of nitrogens with two attached hydrogens (primary N) is 1. The van der Waals surface area contributed by atoms with E-state index in [2.05, 4.69) is 21.7 Å². The van der Waals surface area contributed by atoms with Gasteiger partial charge in [0, 0.05) is 33.4 Å². The quantitative estimate of drug-likeness (QED) is 0.880. The molecule has 0 unspecified atom stereocenters. The van der Waals surface area contributed by atoms with E-state index in [0.717, 1.165) is 12.2 Å². The van der Waals surface area contributed by atoms with Gasteiger partial charge in [-0.05, 0) is 40.6 Å². The summed E-state index contributed by atoms with van der Waals surface area (Å²) in [4.78, 5) is 15.9. The van der Waals surface area contributed by atoms with E-state index >= 15 is 0 Å². The molecule has 0 radical (unpaired) electrons. The third-order valence-electron chi connectivity index (χ3n) is 3.07. The minimum absolute atomic E-state index is 0.0165. The van der Waals surface area contributed by atoms with Crippen molar-refractivity contribution in [2.75, 3.05) is 31.8 Å². The molecule has 0 fully saturated rings. The van der Waals surface area contributed by atoms with E-state index in [-0.39, 0.29) is 5.91 Å². The lowest BCUT2D eigenvalue weighted by Gasteiger charge is -2.23. The van der Waals surface area contributed by atoms with Crippen LogP contribution in [0, 0.1) is 0 Å². The average Bonchev–Trinajstić information content (AvgIpc) is 2.90. The predicted octanol–water partition coefficient (Wildman–Crippen LogP) is 2.67. The van der Waals surface area contributed by atoms with E-state index in [4.69, 9.17) is 5.73 Å². The Kier molecular flexibility index (Phi) is 4.29. The van der Waals surface area contributed by atoms with Crippen molar-refractivity contribution in [1.29, 1.82) is 0 Å². The molecule has 0 saturated carbocycles. The number of carbonyl (C=O) groups is 1. The Morgan fingerprint density at radius 2 is 2.00 bits per heavy atom. The smallest absolute Gasteiger partial charge is 0.255 e. The first kappa shape index (κ1) is 14.4. The zero-order valence-electron chi connectivity index (χ0n) is 12.0. The maximum absolute atomic E-state index is 12.2. The van der Waals surface area contributed by atoms with Crippen LogP contribution in [0.15, 0.2) is 35.0 Å². The minimum Gasteiger partial charge on any atom is -0.399 e. The Bertz CT molecular complexity index is 593. The van der Waals surface area contributed by atoms with Gasteiger partial charge in [-0.1, -0.05) is 0 Å². The summed E-state index contributed by atoms with van der Waals surface area (Å²) in [5.41, 5.74) is 9.28. The molecular weight excluding hydrogens is 270 g/mol. The van der Waals surface area contributed by atoms with Gasteiger partial charge in [-0.3, -0.25) is 4.79 Å². The van der Waals surface area contributed by atoms with Crippen molar-refractivity contribution in [3.63, 3.8) is 0 Å². The van der Waals surface area contributed by atoms with Crippen LogP contribution in [-0.2, 0) is 6.54 Å². The first-order valence-corrected chi connectivity index (χ1v) is 7.26. The zero-order chi connectivity index (χ0) is 14.7. The van der Waals surface area contributed by atoms with Crippen molar-refractivity contribution >= 4 is 28.6 Å². The molecule has 0 aliphatic heterocycles. The van der Waals surface area contributed by atoms with Crippen LogP contribution in [0.2, 0.25) is 0 Å². The number of benzene rings is 1. The average molecular weight is 289 g/mol. The first-order chi connectivity index (χ1) is 9.49. The van der Waals surface area contributed by atoms with Gasteiger partial charge in [-0.2, -0.15) is 11.3 Å². The molecule has 0 aliphatic rings. The number of amides is 1. The van der Waals surface area contributed by atoms with Crippen LogP contribution in [0.4, 0.5) is 11.4 Å². The number of hydrogen-bond acceptors (Lipinski definition) is 4. The third kappa shape index (κ3) is 3.11. The summed E-state index contributed by atoms with van der Waals surface area (Å²) < 4.78 is 0. The third-order valence-corrected chi connectivity index (χ3v) is 3.80.